The molecule has 0 fully saturated rings. The van der Waals surface area contributed by atoms with Crippen molar-refractivity contribution < 1.29 is 9.53 Å². The Labute approximate surface area is 150 Å². The number of aryl methyl sites for hydroxylation is 1. The average Bonchev–Trinajstić information content (AvgIpc) is 2.65. The number of ether oxygens (including phenoxy) is 1. The predicted molar refractivity (Wildman–Crippen MR) is 102 cm³/mol. The summed E-state index contributed by atoms with van der Waals surface area (Å²) in [6.45, 7) is 2.43. The van der Waals surface area contributed by atoms with Crippen LogP contribution in [0.5, 0.6) is 5.75 Å². The number of carbonyl (C=O) groups is 1. The van der Waals surface area contributed by atoms with Crippen LogP contribution < -0.4 is 15.7 Å². The lowest BCUT2D eigenvalue weighted by molar-refractivity contribution is 0.0953. The van der Waals surface area contributed by atoms with Crippen molar-refractivity contribution in [3.63, 3.8) is 0 Å². The molecule has 0 aliphatic rings. The maximum absolute atomic E-state index is 12.2. The van der Waals surface area contributed by atoms with Crippen molar-refractivity contribution in [1.29, 1.82) is 0 Å². The van der Waals surface area contributed by atoms with E-state index in [9.17, 15) is 9.59 Å². The van der Waals surface area contributed by atoms with Gasteiger partial charge in [0.1, 0.15) is 11.3 Å². The minimum Gasteiger partial charge on any atom is -0.493 e. The second kappa shape index (κ2) is 7.65. The first kappa shape index (κ1) is 17.4. The van der Waals surface area contributed by atoms with E-state index in [1.165, 1.54) is 10.6 Å². The van der Waals surface area contributed by atoms with Gasteiger partial charge in [0, 0.05) is 18.8 Å². The Morgan fingerprint density at radius 3 is 2.81 bits per heavy atom. The van der Waals surface area contributed by atoms with Gasteiger partial charge in [-0.25, -0.2) is 5.43 Å². The van der Waals surface area contributed by atoms with E-state index in [-0.39, 0.29) is 11.1 Å². The van der Waals surface area contributed by atoms with Gasteiger partial charge in [-0.3, -0.25) is 9.59 Å². The fourth-order valence-corrected chi connectivity index (χ4v) is 2.68. The Bertz CT molecular complexity index is 1040. The number of fused-ring (bicyclic) bond motifs is 1. The van der Waals surface area contributed by atoms with Gasteiger partial charge in [-0.05, 0) is 35.9 Å². The van der Waals surface area contributed by atoms with Crippen molar-refractivity contribution in [1.82, 2.24) is 9.99 Å². The largest absolute Gasteiger partial charge is 0.493 e. The topological polar surface area (TPSA) is 72.7 Å². The molecule has 1 amide bonds. The lowest BCUT2D eigenvalue weighted by Crippen LogP contribution is -2.29. The maximum atomic E-state index is 12.2. The van der Waals surface area contributed by atoms with Crippen molar-refractivity contribution >= 4 is 22.9 Å². The fraction of sp³-hybridized carbons (Fsp3) is 0.150. The first-order valence-corrected chi connectivity index (χ1v) is 8.25. The van der Waals surface area contributed by atoms with Crippen LogP contribution in [0.3, 0.4) is 0 Å². The Kier molecular flexibility index (Phi) is 5.12. The molecule has 1 heterocycles. The number of benzene rings is 2. The monoisotopic (exact) mass is 349 g/mol. The van der Waals surface area contributed by atoms with Gasteiger partial charge in [0.05, 0.1) is 12.8 Å². The van der Waals surface area contributed by atoms with Crippen LogP contribution in [0.1, 0.15) is 22.8 Å². The van der Waals surface area contributed by atoms with E-state index in [1.54, 1.807) is 25.5 Å². The normalized spacial score (nSPS) is 11.0. The molecule has 0 atom stereocenters. The van der Waals surface area contributed by atoms with Crippen molar-refractivity contribution in [3.05, 3.63) is 76.2 Å². The summed E-state index contributed by atoms with van der Waals surface area (Å²) in [5.74, 6) is 0.125. The fourth-order valence-electron chi connectivity index (χ4n) is 2.68. The van der Waals surface area contributed by atoms with Gasteiger partial charge in [0.25, 0.3) is 11.5 Å². The van der Waals surface area contributed by atoms with E-state index in [2.05, 4.69) is 10.5 Å². The Hall–Kier alpha value is -3.41. The zero-order valence-corrected chi connectivity index (χ0v) is 14.6. The number of nitrogens with one attached hydrogen (secondary N) is 1. The van der Waals surface area contributed by atoms with Gasteiger partial charge in [-0.1, -0.05) is 30.3 Å². The first-order valence-electron chi connectivity index (χ1n) is 8.25. The zero-order valence-electron chi connectivity index (χ0n) is 14.6. The van der Waals surface area contributed by atoms with Crippen molar-refractivity contribution in [2.75, 3.05) is 6.61 Å². The van der Waals surface area contributed by atoms with Crippen LogP contribution >= 0.6 is 0 Å². The molecule has 6 heteroatoms. The molecule has 0 aliphatic heterocycles. The summed E-state index contributed by atoms with van der Waals surface area (Å²) in [4.78, 5) is 24.2. The highest BCUT2D eigenvalue weighted by molar-refractivity contribution is 6.03. The van der Waals surface area contributed by atoms with E-state index in [0.29, 0.717) is 12.4 Å². The van der Waals surface area contributed by atoms with Crippen LogP contribution in [0.4, 0.5) is 0 Å². The van der Waals surface area contributed by atoms with Crippen LogP contribution in [-0.4, -0.2) is 23.3 Å². The van der Waals surface area contributed by atoms with Crippen LogP contribution in [0.15, 0.2) is 64.6 Å². The van der Waals surface area contributed by atoms with E-state index in [4.69, 9.17) is 4.74 Å². The van der Waals surface area contributed by atoms with Crippen molar-refractivity contribution in [2.24, 2.45) is 12.1 Å². The molecule has 0 unspecified atom stereocenters. The molecule has 1 N–H and O–H groups in total. The highest BCUT2D eigenvalue weighted by Crippen LogP contribution is 2.26. The van der Waals surface area contributed by atoms with Gasteiger partial charge < -0.3 is 9.30 Å². The molecule has 6 nitrogen and oxygen atoms in total. The van der Waals surface area contributed by atoms with Crippen LogP contribution in [0.2, 0.25) is 0 Å². The van der Waals surface area contributed by atoms with E-state index in [0.717, 1.165) is 16.3 Å². The summed E-state index contributed by atoms with van der Waals surface area (Å²) in [5.41, 5.74) is 2.84. The molecule has 1 aromatic heterocycles. The molecule has 2 aromatic carbocycles. The summed E-state index contributed by atoms with van der Waals surface area (Å²) in [6.07, 6.45) is 3.13. The van der Waals surface area contributed by atoms with Gasteiger partial charge >= 0.3 is 0 Å². The van der Waals surface area contributed by atoms with E-state index >= 15 is 0 Å². The summed E-state index contributed by atoms with van der Waals surface area (Å²) < 4.78 is 7.01. The van der Waals surface area contributed by atoms with Crippen LogP contribution in [0.25, 0.3) is 10.8 Å². The number of hydrazone groups is 1. The van der Waals surface area contributed by atoms with Crippen molar-refractivity contribution in [2.45, 2.75) is 6.92 Å². The molecule has 0 bridgehead atoms. The Morgan fingerprint density at radius 2 is 2.00 bits per heavy atom. The van der Waals surface area contributed by atoms with Crippen LogP contribution in [-0.2, 0) is 7.05 Å². The number of nitrogens with zero attached hydrogens (tertiary/aromatic N) is 2. The summed E-state index contributed by atoms with van der Waals surface area (Å²) in [5, 5.41) is 6.04. The Balaban J connectivity index is 1.90. The molecule has 132 valence electrons. The smallest absolute Gasteiger partial charge is 0.276 e. The first-order chi connectivity index (χ1) is 12.6. The third-order valence-corrected chi connectivity index (χ3v) is 3.96. The molecular weight excluding hydrogens is 330 g/mol. The Morgan fingerprint density at radius 1 is 1.19 bits per heavy atom. The number of carbonyl (C=O) groups excluding carboxylic acids is 1. The summed E-state index contributed by atoms with van der Waals surface area (Å²) in [6, 6.07) is 14.8. The minimum atomic E-state index is -0.555. The lowest BCUT2D eigenvalue weighted by atomic mass is 10.0. The molecular formula is C20H19N3O3. The lowest BCUT2D eigenvalue weighted by Gasteiger charge is -2.10. The van der Waals surface area contributed by atoms with Gasteiger partial charge in [0.2, 0.25) is 0 Å². The summed E-state index contributed by atoms with van der Waals surface area (Å²) >= 11 is 0. The third kappa shape index (κ3) is 3.49. The third-order valence-electron chi connectivity index (χ3n) is 3.96. The number of pyridine rings is 1. The second-order valence-electron chi connectivity index (χ2n) is 5.67. The maximum Gasteiger partial charge on any atom is 0.276 e. The van der Waals surface area contributed by atoms with E-state index in [1.807, 2.05) is 43.3 Å². The average molecular weight is 349 g/mol. The SMILES string of the molecule is CCOc1ccc2ccccc2c1/C=N\NC(=O)c1cccn(C)c1=O. The molecule has 3 rings (SSSR count). The standard InChI is InChI=1S/C20H19N3O3/c1-3-26-18-11-10-14-7-4-5-8-15(14)17(18)13-21-22-19(24)16-9-6-12-23(2)20(16)25/h4-13H,3H2,1-2H3,(H,22,24)/b21-13-. The summed E-state index contributed by atoms with van der Waals surface area (Å²) in [7, 11) is 1.59. The van der Waals surface area contributed by atoms with Gasteiger partial charge in [0.15, 0.2) is 0 Å². The quantitative estimate of drug-likeness (QED) is 0.569. The number of aromatic nitrogens is 1. The van der Waals surface area contributed by atoms with Gasteiger partial charge in [-0.15, -0.1) is 0 Å². The molecule has 26 heavy (non-hydrogen) atoms. The number of amides is 1. The molecule has 0 saturated carbocycles. The highest BCUT2D eigenvalue weighted by atomic mass is 16.5. The zero-order chi connectivity index (χ0) is 18.5. The number of hydrogen-bond donors (Lipinski definition) is 1. The number of rotatable bonds is 5. The van der Waals surface area contributed by atoms with Crippen molar-refractivity contribution in [3.8, 4) is 5.75 Å². The molecule has 0 aliphatic carbocycles. The van der Waals surface area contributed by atoms with Crippen LogP contribution in [0, 0.1) is 0 Å². The second-order valence-corrected chi connectivity index (χ2v) is 5.67. The minimum absolute atomic E-state index is 0.0371. The molecule has 0 spiro atoms. The molecule has 0 saturated heterocycles. The predicted octanol–water partition coefficient (Wildman–Crippen LogP) is 2.70. The highest BCUT2D eigenvalue weighted by Gasteiger charge is 2.11. The number of hydrogen-bond acceptors (Lipinski definition) is 4. The van der Waals surface area contributed by atoms with Gasteiger partial charge in [-0.2, -0.15) is 5.10 Å². The molecule has 3 aromatic rings. The van der Waals surface area contributed by atoms with E-state index < -0.39 is 5.91 Å². The molecule has 0 radical (unpaired) electrons.